The van der Waals surface area contributed by atoms with Crippen LogP contribution in [0.3, 0.4) is 0 Å². The first kappa shape index (κ1) is 10.3. The number of imide groups is 2. The largest absolute Gasteiger partial charge is 0.331 e. The van der Waals surface area contributed by atoms with Crippen LogP contribution < -0.4 is 5.32 Å². The number of hydrogen-bond acceptors (Lipinski definition) is 4. The first-order valence-electron chi connectivity index (χ1n) is 4.65. The van der Waals surface area contributed by atoms with Crippen LogP contribution >= 0.6 is 0 Å². The summed E-state index contributed by atoms with van der Waals surface area (Å²) in [5.41, 5.74) is 1.46. The Bertz CT molecular complexity index is 491. The minimum Gasteiger partial charge on any atom is -0.275 e. The smallest absolute Gasteiger partial charge is 0.275 e. The maximum Gasteiger partial charge on any atom is 0.331 e. The Labute approximate surface area is 91.0 Å². The predicted octanol–water partition coefficient (Wildman–Crippen LogP) is -0.693. The minimum atomic E-state index is -0.883. The van der Waals surface area contributed by atoms with E-state index in [-0.39, 0.29) is 6.54 Å². The lowest BCUT2D eigenvalue weighted by Gasteiger charge is -2.09. The van der Waals surface area contributed by atoms with Crippen molar-refractivity contribution in [3.63, 3.8) is 0 Å². The molecule has 0 bridgehead atoms. The second-order valence-electron chi connectivity index (χ2n) is 3.56. The zero-order valence-corrected chi connectivity index (χ0v) is 8.85. The van der Waals surface area contributed by atoms with Crippen molar-refractivity contribution in [1.82, 2.24) is 20.0 Å². The summed E-state index contributed by atoms with van der Waals surface area (Å²) < 4.78 is 1.59. The van der Waals surface area contributed by atoms with Gasteiger partial charge in [0.05, 0.1) is 12.2 Å². The first-order chi connectivity index (χ1) is 7.49. The van der Waals surface area contributed by atoms with Crippen molar-refractivity contribution in [3.8, 4) is 0 Å². The van der Waals surface area contributed by atoms with Crippen molar-refractivity contribution in [3.05, 3.63) is 17.5 Å². The van der Waals surface area contributed by atoms with E-state index in [9.17, 15) is 14.4 Å². The Morgan fingerprint density at radius 2 is 2.06 bits per heavy atom. The molecule has 1 N–H and O–H groups in total. The average molecular weight is 222 g/mol. The molecule has 7 nitrogen and oxygen atoms in total. The lowest BCUT2D eigenvalue weighted by Crippen LogP contribution is -2.30. The van der Waals surface area contributed by atoms with Crippen LogP contribution in [-0.4, -0.2) is 32.5 Å². The third-order valence-corrected chi connectivity index (χ3v) is 2.35. The second-order valence-corrected chi connectivity index (χ2v) is 3.56. The van der Waals surface area contributed by atoms with Gasteiger partial charge < -0.3 is 0 Å². The summed E-state index contributed by atoms with van der Waals surface area (Å²) in [6.07, 6.45) is 1.71. The molecular weight excluding hydrogens is 212 g/mol. The molecule has 1 aromatic rings. The summed E-state index contributed by atoms with van der Waals surface area (Å²) in [7, 11) is 1.74. The van der Waals surface area contributed by atoms with E-state index in [0.29, 0.717) is 0 Å². The van der Waals surface area contributed by atoms with E-state index in [1.54, 1.807) is 24.9 Å². The highest BCUT2D eigenvalue weighted by Crippen LogP contribution is 2.11. The molecule has 1 saturated heterocycles. The quantitative estimate of drug-likeness (QED) is 0.530. The van der Waals surface area contributed by atoms with Gasteiger partial charge in [-0.1, -0.05) is 0 Å². The number of carbonyl (C=O) groups is 3. The molecule has 4 amide bonds. The van der Waals surface area contributed by atoms with Crippen molar-refractivity contribution in [1.29, 1.82) is 0 Å². The van der Waals surface area contributed by atoms with Crippen LogP contribution in [0, 0.1) is 6.92 Å². The van der Waals surface area contributed by atoms with Gasteiger partial charge in [-0.2, -0.15) is 5.10 Å². The Morgan fingerprint density at radius 3 is 2.50 bits per heavy atom. The van der Waals surface area contributed by atoms with E-state index >= 15 is 0 Å². The molecule has 1 aliphatic heterocycles. The number of amides is 4. The molecule has 0 spiro atoms. The maximum atomic E-state index is 11.3. The van der Waals surface area contributed by atoms with Crippen molar-refractivity contribution >= 4 is 17.8 Å². The van der Waals surface area contributed by atoms with Crippen molar-refractivity contribution in [2.75, 3.05) is 0 Å². The van der Waals surface area contributed by atoms with E-state index in [0.717, 1.165) is 16.2 Å². The summed E-state index contributed by atoms with van der Waals surface area (Å²) >= 11 is 0. The Morgan fingerprint density at radius 1 is 1.38 bits per heavy atom. The van der Waals surface area contributed by atoms with E-state index < -0.39 is 17.8 Å². The summed E-state index contributed by atoms with van der Waals surface area (Å²) in [5.74, 6) is -1.71. The zero-order valence-electron chi connectivity index (χ0n) is 8.85. The van der Waals surface area contributed by atoms with Gasteiger partial charge in [0.1, 0.15) is 0 Å². The van der Waals surface area contributed by atoms with Crippen LogP contribution in [0.15, 0.2) is 6.20 Å². The highest BCUT2D eigenvalue weighted by molar-refractivity contribution is 6.44. The van der Waals surface area contributed by atoms with Gasteiger partial charge in [0.15, 0.2) is 0 Å². The molecule has 7 heteroatoms. The fourth-order valence-corrected chi connectivity index (χ4v) is 1.55. The summed E-state index contributed by atoms with van der Waals surface area (Å²) in [5, 5.41) is 6.02. The summed E-state index contributed by atoms with van der Waals surface area (Å²) in [6, 6.07) is -0.682. The average Bonchev–Trinajstić information content (AvgIpc) is 2.62. The lowest BCUT2D eigenvalue weighted by atomic mass is 10.2. The third kappa shape index (κ3) is 1.56. The fraction of sp³-hybridized carbons (Fsp3) is 0.333. The normalized spacial score (nSPS) is 15.9. The first-order valence-corrected chi connectivity index (χ1v) is 4.65. The standard InChI is InChI=1S/C9H10N4O3/c1-5-6(3-12(2)11-5)4-13-8(15)7(14)10-9(13)16/h3H,4H2,1-2H3,(H,10,14,16). The molecule has 0 aromatic carbocycles. The van der Waals surface area contributed by atoms with Gasteiger partial charge in [0.25, 0.3) is 0 Å². The molecule has 0 saturated carbocycles. The number of carbonyl (C=O) groups excluding carboxylic acids is 3. The zero-order chi connectivity index (χ0) is 11.9. The molecule has 84 valence electrons. The van der Waals surface area contributed by atoms with E-state index in [1.165, 1.54) is 0 Å². The van der Waals surface area contributed by atoms with Crippen LogP contribution in [-0.2, 0) is 23.2 Å². The van der Waals surface area contributed by atoms with Gasteiger partial charge in [-0.05, 0) is 6.92 Å². The molecule has 1 aromatic heterocycles. The molecular formula is C9H10N4O3. The third-order valence-electron chi connectivity index (χ3n) is 2.35. The Kier molecular flexibility index (Phi) is 2.22. The highest BCUT2D eigenvalue weighted by atomic mass is 16.2. The topological polar surface area (TPSA) is 84.3 Å². The van der Waals surface area contributed by atoms with Crippen molar-refractivity contribution in [2.24, 2.45) is 7.05 Å². The van der Waals surface area contributed by atoms with Gasteiger partial charge in [-0.25, -0.2) is 4.79 Å². The van der Waals surface area contributed by atoms with Crippen molar-refractivity contribution in [2.45, 2.75) is 13.5 Å². The van der Waals surface area contributed by atoms with E-state index in [1.807, 2.05) is 5.32 Å². The number of hydrogen-bond donors (Lipinski definition) is 1. The molecule has 0 aliphatic carbocycles. The van der Waals surface area contributed by atoms with Gasteiger partial charge >= 0.3 is 17.8 Å². The SMILES string of the molecule is Cc1nn(C)cc1CN1C(=O)NC(=O)C1=O. The highest BCUT2D eigenvalue weighted by Gasteiger charge is 2.37. The number of rotatable bonds is 2. The molecule has 2 rings (SSSR count). The van der Waals surface area contributed by atoms with Gasteiger partial charge in [0, 0.05) is 18.8 Å². The molecule has 1 fully saturated rings. The Hall–Kier alpha value is -2.18. The van der Waals surface area contributed by atoms with E-state index in [4.69, 9.17) is 0 Å². The van der Waals surface area contributed by atoms with Crippen LogP contribution in [0.4, 0.5) is 4.79 Å². The van der Waals surface area contributed by atoms with Gasteiger partial charge in [-0.15, -0.1) is 0 Å². The molecule has 0 atom stereocenters. The summed E-state index contributed by atoms with van der Waals surface area (Å²) in [6.45, 7) is 1.84. The van der Waals surface area contributed by atoms with Gasteiger partial charge in [0.2, 0.25) is 0 Å². The maximum absolute atomic E-state index is 11.3. The number of nitrogens with zero attached hydrogens (tertiary/aromatic N) is 3. The monoisotopic (exact) mass is 222 g/mol. The molecule has 0 unspecified atom stereocenters. The molecule has 2 heterocycles. The number of urea groups is 1. The van der Waals surface area contributed by atoms with Crippen molar-refractivity contribution < 1.29 is 14.4 Å². The van der Waals surface area contributed by atoms with Gasteiger partial charge in [-0.3, -0.25) is 24.5 Å². The van der Waals surface area contributed by atoms with Crippen LogP contribution in [0.2, 0.25) is 0 Å². The van der Waals surface area contributed by atoms with Crippen LogP contribution in [0.25, 0.3) is 0 Å². The lowest BCUT2D eigenvalue weighted by molar-refractivity contribution is -0.140. The number of nitrogens with one attached hydrogen (secondary N) is 1. The van der Waals surface area contributed by atoms with E-state index in [2.05, 4.69) is 5.10 Å². The molecule has 1 aliphatic rings. The molecule has 16 heavy (non-hydrogen) atoms. The molecule has 0 radical (unpaired) electrons. The predicted molar refractivity (Wildman–Crippen MR) is 52.0 cm³/mol. The van der Waals surface area contributed by atoms with Crippen LogP contribution in [0.5, 0.6) is 0 Å². The Balaban J connectivity index is 2.22. The minimum absolute atomic E-state index is 0.0656. The summed E-state index contributed by atoms with van der Waals surface area (Å²) in [4.78, 5) is 34.4. The van der Waals surface area contributed by atoms with Crippen LogP contribution in [0.1, 0.15) is 11.3 Å². The fourth-order valence-electron chi connectivity index (χ4n) is 1.55. The second kappa shape index (κ2) is 3.44. The number of aromatic nitrogens is 2. The number of aryl methyl sites for hydroxylation is 2.